The Bertz CT molecular complexity index is 961. The first-order chi connectivity index (χ1) is 12.8. The highest BCUT2D eigenvalue weighted by Crippen LogP contribution is 2.36. The van der Waals surface area contributed by atoms with E-state index in [0.717, 1.165) is 12.1 Å². The van der Waals surface area contributed by atoms with Gasteiger partial charge in [-0.15, -0.1) is 5.10 Å². The van der Waals surface area contributed by atoms with Crippen molar-refractivity contribution in [3.05, 3.63) is 64.9 Å². The number of hydrogen-bond acceptors (Lipinski definition) is 5. The molecule has 1 unspecified atom stereocenters. The number of amides is 1. The van der Waals surface area contributed by atoms with Gasteiger partial charge in [-0.05, 0) is 46.3 Å². The minimum atomic E-state index is -4.66. The lowest BCUT2D eigenvalue weighted by molar-refractivity contribution is -0.137. The van der Waals surface area contributed by atoms with E-state index in [2.05, 4.69) is 20.8 Å². The molecular formula is C16H12ClF3N6O. The summed E-state index contributed by atoms with van der Waals surface area (Å²) in [7, 11) is 0. The molecule has 1 atom stereocenters. The Morgan fingerprint density at radius 1 is 1.22 bits per heavy atom. The van der Waals surface area contributed by atoms with Crippen molar-refractivity contribution in [3.63, 3.8) is 0 Å². The third-order valence-corrected chi connectivity index (χ3v) is 4.01. The molecule has 0 saturated carbocycles. The largest absolute Gasteiger partial charge is 0.417 e. The molecule has 11 heteroatoms. The third kappa shape index (κ3) is 4.17. The molecule has 1 heterocycles. The van der Waals surface area contributed by atoms with Crippen molar-refractivity contribution in [2.24, 2.45) is 5.73 Å². The Hall–Kier alpha value is -3.14. The fourth-order valence-corrected chi connectivity index (χ4v) is 2.67. The Balaban J connectivity index is 1.94. The SMILES string of the molecule is NC(=O)C(Nc1cccc(-n2cnnn2)c1)c1ccc(Cl)c(C(F)(F)F)c1. The first kappa shape index (κ1) is 18.6. The van der Waals surface area contributed by atoms with Crippen molar-refractivity contribution in [1.82, 2.24) is 20.2 Å². The van der Waals surface area contributed by atoms with Crippen LogP contribution >= 0.6 is 11.6 Å². The zero-order chi connectivity index (χ0) is 19.6. The monoisotopic (exact) mass is 396 g/mol. The van der Waals surface area contributed by atoms with Crippen LogP contribution in [0.3, 0.4) is 0 Å². The number of aromatic nitrogens is 4. The van der Waals surface area contributed by atoms with Gasteiger partial charge in [0, 0.05) is 5.69 Å². The Labute approximate surface area is 155 Å². The van der Waals surface area contributed by atoms with Gasteiger partial charge in [-0.3, -0.25) is 4.79 Å². The summed E-state index contributed by atoms with van der Waals surface area (Å²) >= 11 is 5.63. The van der Waals surface area contributed by atoms with Gasteiger partial charge in [-0.2, -0.15) is 13.2 Å². The van der Waals surface area contributed by atoms with Crippen LogP contribution in [0, 0.1) is 0 Å². The quantitative estimate of drug-likeness (QED) is 0.690. The van der Waals surface area contributed by atoms with Crippen molar-refractivity contribution in [1.29, 1.82) is 0 Å². The summed E-state index contributed by atoms with van der Waals surface area (Å²) in [6, 6.07) is 8.62. The average Bonchev–Trinajstić information content (AvgIpc) is 3.14. The number of carbonyl (C=O) groups is 1. The van der Waals surface area contributed by atoms with Gasteiger partial charge < -0.3 is 11.1 Å². The highest BCUT2D eigenvalue weighted by atomic mass is 35.5. The van der Waals surface area contributed by atoms with E-state index in [-0.39, 0.29) is 5.56 Å². The van der Waals surface area contributed by atoms with Crippen LogP contribution in [-0.2, 0) is 11.0 Å². The highest BCUT2D eigenvalue weighted by Gasteiger charge is 2.34. The fraction of sp³-hybridized carbons (Fsp3) is 0.125. The number of nitrogens with one attached hydrogen (secondary N) is 1. The molecule has 1 aromatic heterocycles. The number of benzene rings is 2. The van der Waals surface area contributed by atoms with Crippen LogP contribution in [0.15, 0.2) is 48.8 Å². The maximum Gasteiger partial charge on any atom is 0.417 e. The molecule has 0 saturated heterocycles. The van der Waals surface area contributed by atoms with Crippen molar-refractivity contribution in [2.45, 2.75) is 12.2 Å². The first-order valence-corrected chi connectivity index (χ1v) is 7.89. The van der Waals surface area contributed by atoms with Crippen LogP contribution in [0.2, 0.25) is 5.02 Å². The van der Waals surface area contributed by atoms with Crippen LogP contribution in [0.5, 0.6) is 0 Å². The lowest BCUT2D eigenvalue weighted by Gasteiger charge is -2.19. The van der Waals surface area contributed by atoms with Gasteiger partial charge in [0.15, 0.2) is 0 Å². The van der Waals surface area contributed by atoms with E-state index < -0.39 is 28.7 Å². The smallest absolute Gasteiger partial charge is 0.370 e. The topological polar surface area (TPSA) is 98.7 Å². The number of anilines is 1. The lowest BCUT2D eigenvalue weighted by Crippen LogP contribution is -2.28. The number of nitrogens with two attached hydrogens (primary N) is 1. The first-order valence-electron chi connectivity index (χ1n) is 7.51. The summed E-state index contributed by atoms with van der Waals surface area (Å²) in [5.41, 5.74) is 5.41. The summed E-state index contributed by atoms with van der Waals surface area (Å²) in [4.78, 5) is 11.9. The van der Waals surface area contributed by atoms with E-state index in [0.29, 0.717) is 11.4 Å². The number of alkyl halides is 3. The molecule has 2 aromatic carbocycles. The van der Waals surface area contributed by atoms with Crippen LogP contribution in [0.1, 0.15) is 17.2 Å². The van der Waals surface area contributed by atoms with Gasteiger partial charge in [0.1, 0.15) is 12.4 Å². The second-order valence-corrected chi connectivity index (χ2v) is 5.93. The number of rotatable bonds is 5. The molecule has 1 amide bonds. The van der Waals surface area contributed by atoms with Gasteiger partial charge >= 0.3 is 6.18 Å². The Morgan fingerprint density at radius 3 is 2.63 bits per heavy atom. The van der Waals surface area contributed by atoms with E-state index >= 15 is 0 Å². The molecule has 3 N–H and O–H groups in total. The van der Waals surface area contributed by atoms with E-state index in [1.54, 1.807) is 24.3 Å². The molecule has 0 radical (unpaired) electrons. The minimum Gasteiger partial charge on any atom is -0.370 e. The predicted octanol–water partition coefficient (Wildman–Crippen LogP) is 2.97. The molecule has 0 spiro atoms. The zero-order valence-corrected chi connectivity index (χ0v) is 14.2. The number of carbonyl (C=O) groups excluding carboxylic acids is 1. The van der Waals surface area contributed by atoms with Crippen molar-refractivity contribution >= 4 is 23.2 Å². The van der Waals surface area contributed by atoms with E-state index in [1.807, 2.05) is 0 Å². The third-order valence-electron chi connectivity index (χ3n) is 3.68. The number of hydrogen-bond donors (Lipinski definition) is 2. The number of halogens is 4. The summed E-state index contributed by atoms with van der Waals surface area (Å²) in [6.45, 7) is 0. The van der Waals surface area contributed by atoms with Crippen LogP contribution < -0.4 is 11.1 Å². The molecule has 3 aromatic rings. The van der Waals surface area contributed by atoms with Crippen molar-refractivity contribution in [2.75, 3.05) is 5.32 Å². The number of nitrogens with zero attached hydrogens (tertiary/aromatic N) is 4. The van der Waals surface area contributed by atoms with Crippen LogP contribution in [0.4, 0.5) is 18.9 Å². The normalized spacial score (nSPS) is 12.6. The highest BCUT2D eigenvalue weighted by molar-refractivity contribution is 6.31. The second-order valence-electron chi connectivity index (χ2n) is 5.52. The zero-order valence-electron chi connectivity index (χ0n) is 13.5. The molecule has 0 fully saturated rings. The van der Waals surface area contributed by atoms with Gasteiger partial charge in [0.2, 0.25) is 5.91 Å². The average molecular weight is 397 g/mol. The van der Waals surface area contributed by atoms with Crippen molar-refractivity contribution in [3.8, 4) is 5.69 Å². The molecule has 3 rings (SSSR count). The lowest BCUT2D eigenvalue weighted by atomic mass is 10.0. The Kier molecular flexibility index (Phi) is 5.00. The second kappa shape index (κ2) is 7.23. The standard InChI is InChI=1S/C16H12ClF3N6O/c17-13-5-4-9(6-12(13)16(18,19)20)14(15(21)27)23-10-2-1-3-11(7-10)26-8-22-24-25-26/h1-8,14,23H,(H2,21,27). The maximum atomic E-state index is 13.1. The molecule has 0 aliphatic carbocycles. The Morgan fingerprint density at radius 2 is 2.00 bits per heavy atom. The van der Waals surface area contributed by atoms with Gasteiger partial charge in [-0.25, -0.2) is 4.68 Å². The van der Waals surface area contributed by atoms with Crippen LogP contribution in [-0.4, -0.2) is 26.1 Å². The van der Waals surface area contributed by atoms with E-state index in [9.17, 15) is 18.0 Å². The predicted molar refractivity (Wildman–Crippen MR) is 91.2 cm³/mol. The molecule has 140 valence electrons. The maximum absolute atomic E-state index is 13.1. The number of tetrazole rings is 1. The summed E-state index contributed by atoms with van der Waals surface area (Å²) < 4.78 is 40.6. The fourth-order valence-electron chi connectivity index (χ4n) is 2.44. The molecule has 0 aliphatic rings. The molecule has 0 aliphatic heterocycles. The van der Waals surface area contributed by atoms with Crippen LogP contribution in [0.25, 0.3) is 5.69 Å². The summed E-state index contributed by atoms with van der Waals surface area (Å²) in [5.74, 6) is -0.849. The van der Waals surface area contributed by atoms with Gasteiger partial charge in [-0.1, -0.05) is 23.7 Å². The van der Waals surface area contributed by atoms with E-state index in [4.69, 9.17) is 17.3 Å². The van der Waals surface area contributed by atoms with E-state index in [1.165, 1.54) is 17.1 Å². The van der Waals surface area contributed by atoms with Gasteiger partial charge in [0.05, 0.1) is 16.3 Å². The van der Waals surface area contributed by atoms with Gasteiger partial charge in [0.25, 0.3) is 0 Å². The molecule has 7 nitrogen and oxygen atoms in total. The molecular weight excluding hydrogens is 385 g/mol. The molecule has 0 bridgehead atoms. The minimum absolute atomic E-state index is 0.0343. The summed E-state index contributed by atoms with van der Waals surface area (Å²) in [5, 5.41) is 13.2. The van der Waals surface area contributed by atoms with Crippen molar-refractivity contribution < 1.29 is 18.0 Å². The summed E-state index contributed by atoms with van der Waals surface area (Å²) in [6.07, 6.45) is -3.28. The number of primary amides is 1. The molecule has 27 heavy (non-hydrogen) atoms.